The van der Waals surface area contributed by atoms with Crippen molar-refractivity contribution >= 4 is 52.8 Å². The second-order valence-corrected chi connectivity index (χ2v) is 9.07. The second kappa shape index (κ2) is 8.33. The van der Waals surface area contributed by atoms with Crippen molar-refractivity contribution in [1.29, 1.82) is 0 Å². The molecule has 152 valence electrons. The summed E-state index contributed by atoms with van der Waals surface area (Å²) in [5.74, 6) is 6.40. The topological polar surface area (TPSA) is 54.3 Å². The number of fused-ring (bicyclic) bond motifs is 2. The molecular weight excluding hydrogens is 519 g/mol. The zero-order valence-corrected chi connectivity index (χ0v) is 19.3. The predicted molar refractivity (Wildman–Crippen MR) is 135 cm³/mol. The van der Waals surface area contributed by atoms with Crippen LogP contribution >= 0.6 is 30.3 Å². The highest BCUT2D eigenvalue weighted by Gasteiger charge is 2.25. The van der Waals surface area contributed by atoms with Crippen LogP contribution in [0.1, 0.15) is 28.2 Å². The number of halogens is 1. The highest BCUT2D eigenvalue weighted by molar-refractivity contribution is 14.2. The van der Waals surface area contributed by atoms with Crippen molar-refractivity contribution in [2.75, 3.05) is 5.32 Å². The van der Waals surface area contributed by atoms with E-state index in [4.69, 9.17) is 0 Å². The number of rotatable bonds is 3. The average Bonchev–Trinajstić information content (AvgIpc) is 3.34. The van der Waals surface area contributed by atoms with Crippen molar-refractivity contribution in [2.45, 2.75) is 12.3 Å². The molecule has 1 aliphatic heterocycles. The number of aromatic nitrogens is 1. The molecule has 0 spiro atoms. The SMILES string of the molecule is O=C1Cc2cc(C(C#Cc3ccccc3)c3cn(SI)c4ccccc34)c(O)cc2N1. The molecule has 4 aromatic rings. The summed E-state index contributed by atoms with van der Waals surface area (Å²) >= 11 is 2.26. The number of hydrogen-bond donors (Lipinski definition) is 2. The Bertz CT molecular complexity index is 1370. The minimum atomic E-state index is -0.351. The number of nitrogens with one attached hydrogen (secondary N) is 1. The fourth-order valence-electron chi connectivity index (χ4n) is 3.98. The van der Waals surface area contributed by atoms with Crippen LogP contribution in [0.2, 0.25) is 0 Å². The summed E-state index contributed by atoms with van der Waals surface area (Å²) < 4.78 is 2.11. The molecule has 1 unspecified atom stereocenters. The Morgan fingerprint density at radius 3 is 2.65 bits per heavy atom. The first-order valence-electron chi connectivity index (χ1n) is 9.75. The number of benzene rings is 3. The molecule has 3 aromatic carbocycles. The molecule has 2 N–H and O–H groups in total. The van der Waals surface area contributed by atoms with Crippen molar-refractivity contribution in [3.63, 3.8) is 0 Å². The lowest BCUT2D eigenvalue weighted by atomic mass is 9.89. The second-order valence-electron chi connectivity index (χ2n) is 7.36. The molecule has 6 heteroatoms. The molecule has 0 saturated carbocycles. The van der Waals surface area contributed by atoms with Gasteiger partial charge in [0.25, 0.3) is 0 Å². The number of para-hydroxylation sites is 1. The van der Waals surface area contributed by atoms with Crippen molar-refractivity contribution in [2.24, 2.45) is 0 Å². The van der Waals surface area contributed by atoms with Crippen LogP contribution in [-0.4, -0.2) is 15.0 Å². The summed E-state index contributed by atoms with van der Waals surface area (Å²) in [6.07, 6.45) is 2.40. The third-order valence-corrected chi connectivity index (χ3v) is 7.14. The van der Waals surface area contributed by atoms with E-state index < -0.39 is 0 Å². The summed E-state index contributed by atoms with van der Waals surface area (Å²) in [5.41, 5.74) is 5.30. The van der Waals surface area contributed by atoms with E-state index in [1.165, 1.54) is 0 Å². The lowest BCUT2D eigenvalue weighted by Crippen LogP contribution is -2.03. The molecule has 1 amide bonds. The molecule has 2 heterocycles. The number of phenolic OH excluding ortho intramolecular Hbond substituents is 1. The number of phenols is 1. The Kier molecular flexibility index (Phi) is 5.38. The minimum Gasteiger partial charge on any atom is -0.508 e. The fourth-order valence-corrected chi connectivity index (χ4v) is 5.34. The van der Waals surface area contributed by atoms with E-state index in [1.807, 2.05) is 48.5 Å². The van der Waals surface area contributed by atoms with Crippen LogP contribution in [0.4, 0.5) is 5.69 Å². The van der Waals surface area contributed by atoms with Gasteiger partial charge in [-0.25, -0.2) is 0 Å². The van der Waals surface area contributed by atoms with E-state index >= 15 is 0 Å². The summed E-state index contributed by atoms with van der Waals surface area (Å²) in [6.45, 7) is 0. The van der Waals surface area contributed by atoms with Gasteiger partial charge in [-0.15, -0.1) is 0 Å². The predicted octanol–water partition coefficient (Wildman–Crippen LogP) is 5.87. The largest absolute Gasteiger partial charge is 0.508 e. The normalized spacial score (nSPS) is 13.4. The van der Waals surface area contributed by atoms with E-state index in [1.54, 1.807) is 15.2 Å². The van der Waals surface area contributed by atoms with Gasteiger partial charge in [-0.05, 0) is 35.4 Å². The highest BCUT2D eigenvalue weighted by atomic mass is 127. The number of aromatic hydroxyl groups is 1. The third kappa shape index (κ3) is 3.80. The first-order valence-corrected chi connectivity index (χ1v) is 13.1. The van der Waals surface area contributed by atoms with Crippen molar-refractivity contribution in [1.82, 2.24) is 3.97 Å². The molecule has 0 radical (unpaired) electrons. The van der Waals surface area contributed by atoms with E-state index in [9.17, 15) is 9.90 Å². The average molecular weight is 536 g/mol. The molecular formula is C25H17IN2O2S. The maximum absolute atomic E-state index is 11.9. The van der Waals surface area contributed by atoms with Gasteiger partial charge in [0.2, 0.25) is 5.91 Å². The Labute approximate surface area is 196 Å². The van der Waals surface area contributed by atoms with Crippen LogP contribution in [0.5, 0.6) is 5.75 Å². The molecule has 4 nitrogen and oxygen atoms in total. The number of hydrogen-bond acceptors (Lipinski definition) is 3. The summed E-state index contributed by atoms with van der Waals surface area (Å²) in [6, 6.07) is 21.6. The summed E-state index contributed by atoms with van der Waals surface area (Å²) in [4.78, 5) is 11.9. The van der Waals surface area contributed by atoms with Gasteiger partial charge < -0.3 is 10.4 Å². The Morgan fingerprint density at radius 1 is 1.06 bits per heavy atom. The monoisotopic (exact) mass is 536 g/mol. The lowest BCUT2D eigenvalue weighted by Gasteiger charge is -2.14. The van der Waals surface area contributed by atoms with Gasteiger partial charge >= 0.3 is 0 Å². The van der Waals surface area contributed by atoms with Crippen molar-refractivity contribution < 1.29 is 9.90 Å². The highest BCUT2D eigenvalue weighted by Crippen LogP contribution is 2.41. The van der Waals surface area contributed by atoms with Gasteiger partial charge in [0.05, 0.1) is 17.9 Å². The van der Waals surface area contributed by atoms with Crippen LogP contribution in [0, 0.1) is 11.8 Å². The molecule has 0 saturated heterocycles. The molecule has 5 rings (SSSR count). The minimum absolute atomic E-state index is 0.0589. The Morgan fingerprint density at radius 2 is 1.84 bits per heavy atom. The summed E-state index contributed by atoms with van der Waals surface area (Å²) in [7, 11) is 1.59. The van der Waals surface area contributed by atoms with Crippen LogP contribution in [0.15, 0.2) is 72.9 Å². The van der Waals surface area contributed by atoms with E-state index in [2.05, 4.69) is 60.7 Å². The van der Waals surface area contributed by atoms with Gasteiger partial charge in [-0.2, -0.15) is 0 Å². The van der Waals surface area contributed by atoms with E-state index in [-0.39, 0.29) is 17.6 Å². The maximum Gasteiger partial charge on any atom is 0.228 e. The van der Waals surface area contributed by atoms with Crippen molar-refractivity contribution in [3.8, 4) is 17.6 Å². The molecule has 0 aliphatic carbocycles. The van der Waals surface area contributed by atoms with Crippen molar-refractivity contribution in [3.05, 3.63) is 95.2 Å². The van der Waals surface area contributed by atoms with Gasteiger partial charge in [0.1, 0.15) is 5.75 Å². The third-order valence-electron chi connectivity index (χ3n) is 5.42. The van der Waals surface area contributed by atoms with Gasteiger partial charge in [-0.3, -0.25) is 8.77 Å². The van der Waals surface area contributed by atoms with Crippen LogP contribution in [0.25, 0.3) is 10.9 Å². The van der Waals surface area contributed by atoms with Crippen LogP contribution in [0.3, 0.4) is 0 Å². The number of carbonyl (C=O) groups excluding carboxylic acids is 1. The summed E-state index contributed by atoms with van der Waals surface area (Å²) in [5, 5.41) is 14.8. The number of nitrogens with zero attached hydrogens (tertiary/aromatic N) is 1. The molecule has 0 fully saturated rings. The quantitative estimate of drug-likeness (QED) is 0.255. The van der Waals surface area contributed by atoms with Gasteiger partial charge in [0.15, 0.2) is 0 Å². The molecule has 1 aromatic heterocycles. The number of carbonyl (C=O) groups is 1. The Hall–Kier alpha value is -2.89. The van der Waals surface area contributed by atoms with Gasteiger partial charge in [-0.1, -0.05) is 48.2 Å². The zero-order chi connectivity index (χ0) is 21.4. The molecule has 1 aliphatic rings. The van der Waals surface area contributed by atoms with E-state index in [0.29, 0.717) is 17.7 Å². The Balaban J connectivity index is 1.72. The smallest absolute Gasteiger partial charge is 0.228 e. The molecule has 1 atom stereocenters. The maximum atomic E-state index is 11.9. The molecule has 0 bridgehead atoms. The number of anilines is 1. The fraction of sp³-hybridized carbons (Fsp3) is 0.0800. The standard InChI is InChI=1S/C25H17IN2O2S/c26-31-28-15-21(19-8-4-5-9-23(19)28)18(11-10-16-6-2-1-3-7-16)20-12-17-13-25(30)27-22(17)14-24(20)29/h1-9,12,14-15,18,29H,13H2,(H,27,30). The lowest BCUT2D eigenvalue weighted by molar-refractivity contribution is -0.115. The van der Waals surface area contributed by atoms with Crippen LogP contribution < -0.4 is 5.32 Å². The first kappa shape index (κ1) is 20.0. The van der Waals surface area contributed by atoms with E-state index in [0.717, 1.165) is 27.6 Å². The van der Waals surface area contributed by atoms with Crippen LogP contribution in [-0.2, 0) is 11.2 Å². The first-order chi connectivity index (χ1) is 15.1. The van der Waals surface area contributed by atoms with Gasteiger partial charge in [0, 0.05) is 64.8 Å². The number of amides is 1. The zero-order valence-electron chi connectivity index (χ0n) is 16.3. The molecule has 31 heavy (non-hydrogen) atoms.